The number of rotatable bonds is 3. The predicted molar refractivity (Wildman–Crippen MR) is 55.8 cm³/mol. The molecule has 1 aromatic rings. The monoisotopic (exact) mass is 212 g/mol. The number of nitrogens with zero attached hydrogens (tertiary/aromatic N) is 2. The Hall–Kier alpha value is -1.46. The SMILES string of the molecule is CC.CN(O)Cc1cccc(C(=O)O)n1. The van der Waals surface area contributed by atoms with Gasteiger partial charge in [-0.25, -0.2) is 9.78 Å². The molecular weight excluding hydrogens is 196 g/mol. The molecule has 5 nitrogen and oxygen atoms in total. The highest BCUT2D eigenvalue weighted by Crippen LogP contribution is 2.01. The van der Waals surface area contributed by atoms with Crippen molar-refractivity contribution in [2.24, 2.45) is 0 Å². The average molecular weight is 212 g/mol. The number of carbonyl (C=O) groups is 1. The molecule has 0 fully saturated rings. The minimum absolute atomic E-state index is 0.0145. The largest absolute Gasteiger partial charge is 0.477 e. The Labute approximate surface area is 88.9 Å². The number of aromatic nitrogens is 1. The first-order valence-electron chi connectivity index (χ1n) is 4.69. The third kappa shape index (κ3) is 5.09. The summed E-state index contributed by atoms with van der Waals surface area (Å²) in [6.07, 6.45) is 0. The molecule has 1 aromatic heterocycles. The molecule has 84 valence electrons. The summed E-state index contributed by atoms with van der Waals surface area (Å²) in [5, 5.41) is 18.4. The molecule has 0 aromatic carbocycles. The van der Waals surface area contributed by atoms with Gasteiger partial charge in [-0.05, 0) is 12.1 Å². The van der Waals surface area contributed by atoms with Crippen LogP contribution in [0.15, 0.2) is 18.2 Å². The van der Waals surface area contributed by atoms with Gasteiger partial charge < -0.3 is 10.3 Å². The predicted octanol–water partition coefficient (Wildman–Crippen LogP) is 1.63. The van der Waals surface area contributed by atoms with Crippen LogP contribution in [0.2, 0.25) is 0 Å². The zero-order valence-corrected chi connectivity index (χ0v) is 9.14. The van der Waals surface area contributed by atoms with Gasteiger partial charge in [0, 0.05) is 7.05 Å². The van der Waals surface area contributed by atoms with Crippen molar-refractivity contribution in [3.8, 4) is 0 Å². The molecule has 0 radical (unpaired) electrons. The van der Waals surface area contributed by atoms with Crippen molar-refractivity contribution in [3.63, 3.8) is 0 Å². The molecule has 1 rings (SSSR count). The second-order valence-electron chi connectivity index (χ2n) is 2.64. The molecule has 0 spiro atoms. The number of hydrogen-bond acceptors (Lipinski definition) is 4. The summed E-state index contributed by atoms with van der Waals surface area (Å²) in [6, 6.07) is 4.65. The van der Waals surface area contributed by atoms with E-state index in [2.05, 4.69) is 4.98 Å². The molecule has 0 unspecified atom stereocenters. The first-order chi connectivity index (χ1) is 7.09. The van der Waals surface area contributed by atoms with E-state index in [-0.39, 0.29) is 12.2 Å². The van der Waals surface area contributed by atoms with E-state index in [4.69, 9.17) is 10.3 Å². The Morgan fingerprint density at radius 3 is 2.53 bits per heavy atom. The number of hydroxylamine groups is 2. The molecule has 2 N–H and O–H groups in total. The molecule has 0 saturated carbocycles. The fraction of sp³-hybridized carbons (Fsp3) is 0.400. The fourth-order valence-corrected chi connectivity index (χ4v) is 0.921. The van der Waals surface area contributed by atoms with Gasteiger partial charge in [0.1, 0.15) is 5.69 Å². The van der Waals surface area contributed by atoms with Crippen LogP contribution < -0.4 is 0 Å². The van der Waals surface area contributed by atoms with Crippen LogP contribution in [0.4, 0.5) is 0 Å². The third-order valence-electron chi connectivity index (χ3n) is 1.42. The minimum atomic E-state index is -1.07. The van der Waals surface area contributed by atoms with Crippen LogP contribution in [-0.2, 0) is 6.54 Å². The lowest BCUT2D eigenvalue weighted by molar-refractivity contribution is -0.0741. The van der Waals surface area contributed by atoms with Gasteiger partial charge in [-0.15, -0.1) is 0 Å². The van der Waals surface area contributed by atoms with E-state index >= 15 is 0 Å². The Morgan fingerprint density at radius 1 is 1.47 bits per heavy atom. The van der Waals surface area contributed by atoms with Crippen LogP contribution in [-0.4, -0.2) is 33.4 Å². The van der Waals surface area contributed by atoms with E-state index in [0.717, 1.165) is 5.06 Å². The van der Waals surface area contributed by atoms with Crippen LogP contribution in [0, 0.1) is 0 Å². The number of carboxylic acids is 1. The van der Waals surface area contributed by atoms with Crippen molar-refractivity contribution >= 4 is 5.97 Å². The summed E-state index contributed by atoms with van der Waals surface area (Å²) in [5.74, 6) is -1.07. The number of carboxylic acid groups (broad SMARTS) is 1. The molecule has 0 saturated heterocycles. The molecular formula is C10H16N2O3. The van der Waals surface area contributed by atoms with Crippen LogP contribution in [0.5, 0.6) is 0 Å². The second kappa shape index (κ2) is 6.92. The van der Waals surface area contributed by atoms with Crippen molar-refractivity contribution in [2.75, 3.05) is 7.05 Å². The quantitative estimate of drug-likeness (QED) is 0.745. The summed E-state index contributed by atoms with van der Waals surface area (Å²) in [6.45, 7) is 4.21. The van der Waals surface area contributed by atoms with Gasteiger partial charge in [-0.3, -0.25) is 0 Å². The number of hydrogen-bond donors (Lipinski definition) is 2. The third-order valence-corrected chi connectivity index (χ3v) is 1.42. The summed E-state index contributed by atoms with van der Waals surface area (Å²) >= 11 is 0. The minimum Gasteiger partial charge on any atom is -0.477 e. The lowest BCUT2D eigenvalue weighted by Crippen LogP contribution is -2.14. The van der Waals surface area contributed by atoms with Crippen molar-refractivity contribution in [1.29, 1.82) is 0 Å². The zero-order chi connectivity index (χ0) is 11.8. The normalized spacial score (nSPS) is 9.40. The molecule has 0 amide bonds. The van der Waals surface area contributed by atoms with Crippen molar-refractivity contribution < 1.29 is 15.1 Å². The zero-order valence-electron chi connectivity index (χ0n) is 9.14. The highest BCUT2D eigenvalue weighted by atomic mass is 16.5. The van der Waals surface area contributed by atoms with Gasteiger partial charge >= 0.3 is 5.97 Å². The van der Waals surface area contributed by atoms with E-state index in [0.29, 0.717) is 5.69 Å². The molecule has 0 bridgehead atoms. The van der Waals surface area contributed by atoms with E-state index in [9.17, 15) is 4.79 Å². The van der Waals surface area contributed by atoms with Crippen LogP contribution in [0.25, 0.3) is 0 Å². The fourth-order valence-electron chi connectivity index (χ4n) is 0.921. The van der Waals surface area contributed by atoms with Gasteiger partial charge in [0.2, 0.25) is 0 Å². The molecule has 0 aliphatic rings. The van der Waals surface area contributed by atoms with E-state index < -0.39 is 5.97 Å². The average Bonchev–Trinajstić information content (AvgIpc) is 2.20. The topological polar surface area (TPSA) is 73.7 Å². The molecule has 1 heterocycles. The summed E-state index contributed by atoms with van der Waals surface area (Å²) in [5.41, 5.74) is 0.504. The number of aromatic carboxylic acids is 1. The first-order valence-corrected chi connectivity index (χ1v) is 4.69. The van der Waals surface area contributed by atoms with Gasteiger partial charge in [0.25, 0.3) is 0 Å². The van der Waals surface area contributed by atoms with E-state index in [1.807, 2.05) is 13.8 Å². The number of pyridine rings is 1. The molecule has 0 aliphatic carbocycles. The Kier molecular flexibility index (Phi) is 6.24. The Morgan fingerprint density at radius 2 is 2.07 bits per heavy atom. The summed E-state index contributed by atoms with van der Waals surface area (Å²) in [7, 11) is 1.47. The Bertz CT molecular complexity index is 313. The standard InChI is InChI=1S/C8H10N2O3.C2H6/c1-10(13)5-6-3-2-4-7(9-6)8(11)12;1-2/h2-4,13H,5H2,1H3,(H,11,12);1-2H3. The lowest BCUT2D eigenvalue weighted by atomic mass is 10.3. The van der Waals surface area contributed by atoms with Crippen LogP contribution in [0.1, 0.15) is 30.0 Å². The maximum Gasteiger partial charge on any atom is 0.354 e. The van der Waals surface area contributed by atoms with Gasteiger partial charge in [0.05, 0.1) is 12.2 Å². The van der Waals surface area contributed by atoms with E-state index in [1.54, 1.807) is 12.1 Å². The smallest absolute Gasteiger partial charge is 0.354 e. The maximum atomic E-state index is 10.5. The Balaban J connectivity index is 0.000000921. The summed E-state index contributed by atoms with van der Waals surface area (Å²) in [4.78, 5) is 14.3. The lowest BCUT2D eigenvalue weighted by Gasteiger charge is -2.06. The maximum absolute atomic E-state index is 10.5. The van der Waals surface area contributed by atoms with Crippen molar-refractivity contribution in [3.05, 3.63) is 29.6 Å². The highest BCUT2D eigenvalue weighted by Gasteiger charge is 2.05. The first kappa shape index (κ1) is 13.5. The van der Waals surface area contributed by atoms with Crippen molar-refractivity contribution in [2.45, 2.75) is 20.4 Å². The molecule has 15 heavy (non-hydrogen) atoms. The molecule has 0 aliphatic heterocycles. The van der Waals surface area contributed by atoms with Gasteiger partial charge in [-0.1, -0.05) is 19.9 Å². The van der Waals surface area contributed by atoms with Gasteiger partial charge in [-0.2, -0.15) is 5.06 Å². The summed E-state index contributed by atoms with van der Waals surface area (Å²) < 4.78 is 0. The second-order valence-corrected chi connectivity index (χ2v) is 2.64. The van der Waals surface area contributed by atoms with E-state index in [1.165, 1.54) is 13.1 Å². The van der Waals surface area contributed by atoms with Crippen LogP contribution >= 0.6 is 0 Å². The van der Waals surface area contributed by atoms with Gasteiger partial charge in [0.15, 0.2) is 0 Å². The molecule has 0 atom stereocenters. The highest BCUT2D eigenvalue weighted by molar-refractivity contribution is 5.85. The molecule has 5 heteroatoms. The van der Waals surface area contributed by atoms with Crippen molar-refractivity contribution in [1.82, 2.24) is 10.0 Å². The van der Waals surface area contributed by atoms with Crippen LogP contribution in [0.3, 0.4) is 0 Å².